The lowest BCUT2D eigenvalue weighted by Crippen LogP contribution is -2.50. The first-order chi connectivity index (χ1) is 11.8. The molecule has 2 fully saturated rings. The number of amides is 1. The largest absolute Gasteiger partial charge is 0.497 e. The molecule has 1 aromatic rings. The fourth-order valence-corrected chi connectivity index (χ4v) is 4.35. The van der Waals surface area contributed by atoms with Crippen molar-refractivity contribution < 1.29 is 14.3 Å². The van der Waals surface area contributed by atoms with Crippen molar-refractivity contribution in [2.75, 3.05) is 33.9 Å². The van der Waals surface area contributed by atoms with Crippen LogP contribution in [0.4, 0.5) is 0 Å². The predicted molar refractivity (Wildman–Crippen MR) is 106 cm³/mol. The van der Waals surface area contributed by atoms with Crippen molar-refractivity contribution in [1.82, 2.24) is 10.2 Å². The van der Waals surface area contributed by atoms with Crippen molar-refractivity contribution in [3.8, 4) is 11.5 Å². The molecule has 2 aliphatic heterocycles. The van der Waals surface area contributed by atoms with Crippen LogP contribution in [0.15, 0.2) is 18.2 Å². The third-order valence-corrected chi connectivity index (χ3v) is 5.75. The molecular formula is C20H31ClN2O3. The molecule has 0 radical (unpaired) electrons. The number of likely N-dealkylation sites (tertiary alicyclic amines) is 1. The van der Waals surface area contributed by atoms with Gasteiger partial charge in [0, 0.05) is 36.2 Å². The molecule has 2 saturated heterocycles. The third kappa shape index (κ3) is 3.39. The minimum atomic E-state index is -0.382. The molecular weight excluding hydrogens is 352 g/mol. The third-order valence-electron chi connectivity index (χ3n) is 5.75. The van der Waals surface area contributed by atoms with Crippen molar-refractivity contribution in [3.63, 3.8) is 0 Å². The quantitative estimate of drug-likeness (QED) is 0.872. The second kappa shape index (κ2) is 7.65. The van der Waals surface area contributed by atoms with Gasteiger partial charge in [0.05, 0.1) is 19.6 Å². The van der Waals surface area contributed by atoms with Crippen LogP contribution in [0.2, 0.25) is 0 Å². The second-order valence-electron chi connectivity index (χ2n) is 8.18. The number of halogens is 1. The van der Waals surface area contributed by atoms with Crippen LogP contribution in [0, 0.1) is 5.41 Å². The van der Waals surface area contributed by atoms with Crippen molar-refractivity contribution >= 4 is 18.3 Å². The monoisotopic (exact) mass is 382 g/mol. The summed E-state index contributed by atoms with van der Waals surface area (Å²) < 4.78 is 11.0. The Kier molecular flexibility index (Phi) is 6.13. The van der Waals surface area contributed by atoms with E-state index in [0.717, 1.165) is 49.5 Å². The van der Waals surface area contributed by atoms with E-state index in [-0.39, 0.29) is 35.2 Å². The van der Waals surface area contributed by atoms with E-state index in [1.165, 1.54) is 0 Å². The van der Waals surface area contributed by atoms with E-state index in [4.69, 9.17) is 9.47 Å². The fourth-order valence-electron chi connectivity index (χ4n) is 4.35. The van der Waals surface area contributed by atoms with Gasteiger partial charge in [-0.25, -0.2) is 0 Å². The summed E-state index contributed by atoms with van der Waals surface area (Å²) >= 11 is 0. The average molecular weight is 383 g/mol. The lowest BCUT2D eigenvalue weighted by molar-refractivity contribution is -0.141. The van der Waals surface area contributed by atoms with Gasteiger partial charge >= 0.3 is 0 Å². The number of piperidine rings is 1. The Bertz CT molecular complexity index is 651. The van der Waals surface area contributed by atoms with Crippen LogP contribution in [-0.2, 0) is 4.79 Å². The van der Waals surface area contributed by atoms with Gasteiger partial charge in [0.1, 0.15) is 11.5 Å². The highest BCUT2D eigenvalue weighted by Crippen LogP contribution is 2.51. The van der Waals surface area contributed by atoms with Gasteiger partial charge in [0.25, 0.3) is 0 Å². The molecule has 1 spiro atoms. The maximum atomic E-state index is 13.5. The van der Waals surface area contributed by atoms with Gasteiger partial charge in [-0.3, -0.25) is 4.79 Å². The Labute approximate surface area is 162 Å². The van der Waals surface area contributed by atoms with E-state index in [1.807, 2.05) is 17.0 Å². The second-order valence-corrected chi connectivity index (χ2v) is 8.18. The van der Waals surface area contributed by atoms with Gasteiger partial charge in [-0.2, -0.15) is 0 Å². The summed E-state index contributed by atoms with van der Waals surface area (Å²) in [6, 6.07) is 5.95. The molecule has 2 atom stereocenters. The van der Waals surface area contributed by atoms with Crippen LogP contribution in [0.1, 0.15) is 45.1 Å². The van der Waals surface area contributed by atoms with E-state index in [9.17, 15) is 4.79 Å². The van der Waals surface area contributed by atoms with Gasteiger partial charge in [-0.15, -0.1) is 12.4 Å². The standard InChI is InChI=1S/C20H30N2O3.ClH/c1-19(2,3)22-12-16(20(18(22)23)9-6-10-21-13-20)15-8-7-14(24-4)11-17(15)25-5;/h7-8,11,16,21H,6,9-10,12-13H2,1-5H3;1H. The topological polar surface area (TPSA) is 50.8 Å². The number of hydrogen-bond donors (Lipinski definition) is 1. The molecule has 0 aliphatic carbocycles. The van der Waals surface area contributed by atoms with Gasteiger partial charge in [0.2, 0.25) is 5.91 Å². The Morgan fingerprint density at radius 1 is 1.23 bits per heavy atom. The van der Waals surface area contributed by atoms with E-state index in [0.29, 0.717) is 0 Å². The average Bonchev–Trinajstić information content (AvgIpc) is 2.87. The molecule has 146 valence electrons. The number of rotatable bonds is 3. The SMILES string of the molecule is COc1ccc(C2CN(C(C)(C)C)C(=O)C23CCCNC3)c(OC)c1.Cl. The molecule has 3 rings (SSSR count). The highest BCUT2D eigenvalue weighted by atomic mass is 35.5. The first kappa shape index (κ1) is 20.8. The zero-order valence-corrected chi connectivity index (χ0v) is 17.2. The minimum Gasteiger partial charge on any atom is -0.497 e. The normalized spacial score (nSPS) is 26.0. The smallest absolute Gasteiger partial charge is 0.231 e. The summed E-state index contributed by atoms with van der Waals surface area (Å²) in [7, 11) is 3.34. The Morgan fingerprint density at radius 3 is 2.50 bits per heavy atom. The highest BCUT2D eigenvalue weighted by molar-refractivity contribution is 5.88. The molecule has 2 unspecified atom stereocenters. The van der Waals surface area contributed by atoms with Crippen LogP contribution < -0.4 is 14.8 Å². The number of ether oxygens (including phenoxy) is 2. The van der Waals surface area contributed by atoms with E-state index < -0.39 is 0 Å². The number of methoxy groups -OCH3 is 2. The Morgan fingerprint density at radius 2 is 1.96 bits per heavy atom. The van der Waals surface area contributed by atoms with Crippen molar-refractivity contribution in [2.45, 2.75) is 45.1 Å². The molecule has 1 amide bonds. The fraction of sp³-hybridized carbons (Fsp3) is 0.650. The van der Waals surface area contributed by atoms with Gasteiger partial charge in [0.15, 0.2) is 0 Å². The number of benzene rings is 1. The molecule has 1 aromatic carbocycles. The summed E-state index contributed by atoms with van der Waals surface area (Å²) in [6.07, 6.45) is 1.95. The number of carbonyl (C=O) groups excluding carboxylic acids is 1. The zero-order valence-electron chi connectivity index (χ0n) is 16.4. The molecule has 0 aromatic heterocycles. The van der Waals surface area contributed by atoms with Crippen LogP contribution >= 0.6 is 12.4 Å². The molecule has 0 saturated carbocycles. The lowest BCUT2D eigenvalue weighted by Gasteiger charge is -2.38. The maximum absolute atomic E-state index is 13.5. The van der Waals surface area contributed by atoms with Crippen LogP contribution in [0.5, 0.6) is 11.5 Å². The molecule has 2 aliphatic rings. The van der Waals surface area contributed by atoms with Gasteiger partial charge in [-0.1, -0.05) is 6.07 Å². The van der Waals surface area contributed by atoms with Crippen molar-refractivity contribution in [1.29, 1.82) is 0 Å². The maximum Gasteiger partial charge on any atom is 0.231 e. The van der Waals surface area contributed by atoms with Crippen LogP contribution in [0.25, 0.3) is 0 Å². The number of carbonyl (C=O) groups is 1. The lowest BCUT2D eigenvalue weighted by atomic mass is 9.69. The Hall–Kier alpha value is -1.46. The predicted octanol–water partition coefficient (Wildman–Crippen LogP) is 3.22. The molecule has 0 bridgehead atoms. The first-order valence-electron chi connectivity index (χ1n) is 9.08. The minimum absolute atomic E-state index is 0. The summed E-state index contributed by atoms with van der Waals surface area (Å²) in [5.41, 5.74) is 0.538. The van der Waals surface area contributed by atoms with Gasteiger partial charge in [-0.05, 0) is 46.2 Å². The summed E-state index contributed by atoms with van der Waals surface area (Å²) in [5.74, 6) is 1.97. The van der Waals surface area contributed by atoms with Crippen LogP contribution in [-0.4, -0.2) is 50.2 Å². The van der Waals surface area contributed by atoms with E-state index >= 15 is 0 Å². The van der Waals surface area contributed by atoms with E-state index in [2.05, 4.69) is 32.2 Å². The first-order valence-corrected chi connectivity index (χ1v) is 9.08. The summed E-state index contributed by atoms with van der Waals surface area (Å²) in [6.45, 7) is 8.79. The Balaban J connectivity index is 0.00000243. The highest BCUT2D eigenvalue weighted by Gasteiger charge is 2.57. The number of hydrogen-bond acceptors (Lipinski definition) is 4. The molecule has 6 heteroatoms. The summed E-state index contributed by atoms with van der Waals surface area (Å²) in [5, 5.41) is 3.47. The van der Waals surface area contributed by atoms with Gasteiger partial charge < -0.3 is 19.7 Å². The van der Waals surface area contributed by atoms with Crippen molar-refractivity contribution in [3.05, 3.63) is 23.8 Å². The number of nitrogens with one attached hydrogen (secondary N) is 1. The summed E-state index contributed by atoms with van der Waals surface area (Å²) in [4.78, 5) is 15.5. The molecule has 1 N–H and O–H groups in total. The van der Waals surface area contributed by atoms with E-state index in [1.54, 1.807) is 14.2 Å². The molecule has 2 heterocycles. The molecule has 5 nitrogen and oxygen atoms in total. The van der Waals surface area contributed by atoms with Crippen molar-refractivity contribution in [2.24, 2.45) is 5.41 Å². The zero-order chi connectivity index (χ0) is 18.2. The number of nitrogens with zero attached hydrogens (tertiary/aromatic N) is 1. The van der Waals surface area contributed by atoms with Crippen LogP contribution in [0.3, 0.4) is 0 Å². The molecule has 26 heavy (non-hydrogen) atoms.